The van der Waals surface area contributed by atoms with Crippen LogP contribution in [0.3, 0.4) is 0 Å². The molecule has 0 radical (unpaired) electrons. The van der Waals surface area contributed by atoms with E-state index in [1.54, 1.807) is 63.3 Å². The fraction of sp³-hybridized carbons (Fsp3) is 0.294. The molecule has 7 heteroatoms. The minimum absolute atomic E-state index is 0.103. The van der Waals surface area contributed by atoms with Crippen molar-refractivity contribution in [2.75, 3.05) is 4.90 Å². The van der Waals surface area contributed by atoms with Crippen molar-refractivity contribution < 1.29 is 17.9 Å². The van der Waals surface area contributed by atoms with Crippen molar-refractivity contribution in [1.82, 2.24) is 0 Å². The van der Waals surface area contributed by atoms with E-state index in [1.165, 1.54) is 11.0 Å². The van der Waals surface area contributed by atoms with Gasteiger partial charge in [0.25, 0.3) is 0 Å². The van der Waals surface area contributed by atoms with Crippen LogP contribution < -0.4 is 4.90 Å². The Hall–Kier alpha value is -1.86. The van der Waals surface area contributed by atoms with Crippen molar-refractivity contribution in [2.24, 2.45) is 0 Å². The van der Waals surface area contributed by atoms with Crippen LogP contribution in [-0.4, -0.2) is 31.0 Å². The summed E-state index contributed by atoms with van der Waals surface area (Å²) < 4.78 is 29.4. The molecule has 0 spiro atoms. The van der Waals surface area contributed by atoms with Crippen LogP contribution in [0, 0.1) is 0 Å². The zero-order valence-corrected chi connectivity index (χ0v) is 16.0. The quantitative estimate of drug-likeness (QED) is 0.695. The zero-order chi connectivity index (χ0) is 17.9. The van der Waals surface area contributed by atoms with E-state index in [0.29, 0.717) is 5.69 Å². The molecule has 0 N–H and O–H groups in total. The van der Waals surface area contributed by atoms with Crippen molar-refractivity contribution in [2.45, 2.75) is 32.4 Å². The lowest BCUT2D eigenvalue weighted by Gasteiger charge is -2.32. The van der Waals surface area contributed by atoms with Gasteiger partial charge in [0, 0.05) is 10.2 Å². The number of hydrogen-bond donors (Lipinski definition) is 0. The average molecular weight is 412 g/mol. The normalized spacial score (nSPS) is 16.8. The predicted molar refractivity (Wildman–Crippen MR) is 98.8 cm³/mol. The third kappa shape index (κ3) is 4.58. The summed E-state index contributed by atoms with van der Waals surface area (Å²) in [4.78, 5) is 14.2. The molecule has 0 aromatic heterocycles. The van der Waals surface area contributed by atoms with Gasteiger partial charge in [0.1, 0.15) is 5.60 Å². The third-order valence-corrected chi connectivity index (χ3v) is 4.41. The third-order valence-electron chi connectivity index (χ3n) is 3.12. The molecule has 1 aromatic carbocycles. The Balaban J connectivity index is 2.52. The van der Waals surface area contributed by atoms with Gasteiger partial charge >= 0.3 is 6.09 Å². The molecule has 0 bridgehead atoms. The van der Waals surface area contributed by atoms with Gasteiger partial charge in [-0.1, -0.05) is 34.2 Å². The fourth-order valence-electron chi connectivity index (χ4n) is 2.17. The molecule has 2 rings (SSSR count). The number of allylic oxidation sites excluding steroid dienone is 2. The van der Waals surface area contributed by atoms with Gasteiger partial charge in [-0.25, -0.2) is 4.79 Å². The Morgan fingerprint density at radius 1 is 1.17 bits per heavy atom. The van der Waals surface area contributed by atoms with Crippen LogP contribution in [0.1, 0.15) is 20.8 Å². The minimum Gasteiger partial charge on any atom is -0.443 e. The van der Waals surface area contributed by atoms with E-state index in [0.717, 1.165) is 4.47 Å². The Morgan fingerprint density at radius 3 is 2.33 bits per heavy atom. The number of amides is 1. The Kier molecular flexibility index (Phi) is 5.66. The Labute approximate surface area is 151 Å². The molecule has 1 atom stereocenters. The maximum Gasteiger partial charge on any atom is 0.415 e. The van der Waals surface area contributed by atoms with E-state index in [-0.39, 0.29) is 4.86 Å². The van der Waals surface area contributed by atoms with E-state index in [2.05, 4.69) is 15.9 Å². The van der Waals surface area contributed by atoms with Crippen LogP contribution in [0.5, 0.6) is 0 Å². The minimum atomic E-state index is -2.45. The first-order valence-corrected chi connectivity index (χ1v) is 9.14. The summed E-state index contributed by atoms with van der Waals surface area (Å²) in [6.45, 7) is 5.28. The standard InChI is InChI=1S/C17H18BrNO4S/c1-17(2,3)23-16(20)19(13-10-8-12(18)9-11-13)14-6-4-5-7-15(14)24(21)22/h4-11,14H,1-3H3. The maximum absolute atomic E-state index is 12.7. The molecule has 24 heavy (non-hydrogen) atoms. The second-order valence-corrected chi connectivity index (χ2v) is 8.01. The van der Waals surface area contributed by atoms with E-state index in [4.69, 9.17) is 4.74 Å². The number of carbonyl (C=O) groups excluding carboxylic acids is 1. The summed E-state index contributed by atoms with van der Waals surface area (Å²) in [6, 6.07) is 6.26. The summed E-state index contributed by atoms with van der Waals surface area (Å²) >= 11 is 3.35. The number of nitrogens with zero attached hydrogens (tertiary/aromatic N) is 1. The molecule has 1 aliphatic carbocycles. The molecule has 0 saturated carbocycles. The highest BCUT2D eigenvalue weighted by molar-refractivity contribution is 9.10. The highest BCUT2D eigenvalue weighted by atomic mass is 79.9. The molecule has 1 amide bonds. The molecule has 1 aliphatic rings. The van der Waals surface area contributed by atoms with Crippen molar-refractivity contribution in [3.05, 3.63) is 53.0 Å². The van der Waals surface area contributed by atoms with Crippen LogP contribution in [0.2, 0.25) is 0 Å². The summed E-state index contributed by atoms with van der Waals surface area (Å²) in [5.41, 5.74) is -0.157. The lowest BCUT2D eigenvalue weighted by atomic mass is 10.1. The van der Waals surface area contributed by atoms with Gasteiger partial charge in [0.05, 0.1) is 10.9 Å². The summed E-state index contributed by atoms with van der Waals surface area (Å²) in [6.07, 6.45) is 5.84. The topological polar surface area (TPSA) is 63.7 Å². The molecule has 5 nitrogen and oxygen atoms in total. The van der Waals surface area contributed by atoms with Gasteiger partial charge < -0.3 is 4.74 Å². The predicted octanol–water partition coefficient (Wildman–Crippen LogP) is 3.74. The maximum atomic E-state index is 12.7. The van der Waals surface area contributed by atoms with E-state index in [9.17, 15) is 13.2 Å². The van der Waals surface area contributed by atoms with Crippen LogP contribution in [0.25, 0.3) is 0 Å². The molecule has 128 valence electrons. The molecular formula is C17H18BrNO4S. The fourth-order valence-corrected chi connectivity index (χ4v) is 3.01. The molecule has 1 aromatic rings. The second kappa shape index (κ2) is 7.36. The Morgan fingerprint density at radius 2 is 1.79 bits per heavy atom. The van der Waals surface area contributed by atoms with Crippen LogP contribution in [0.4, 0.5) is 10.5 Å². The van der Waals surface area contributed by atoms with Gasteiger partial charge in [0.2, 0.25) is 10.3 Å². The number of ether oxygens (including phenoxy) is 1. The molecule has 0 heterocycles. The number of anilines is 1. The highest BCUT2D eigenvalue weighted by Crippen LogP contribution is 2.25. The molecule has 0 saturated heterocycles. The largest absolute Gasteiger partial charge is 0.443 e. The first-order valence-electron chi connectivity index (χ1n) is 7.28. The smallest absolute Gasteiger partial charge is 0.415 e. The number of carbonyl (C=O) groups is 1. The van der Waals surface area contributed by atoms with Crippen molar-refractivity contribution in [3.63, 3.8) is 0 Å². The SMILES string of the molecule is CC(C)(C)OC(=O)N(c1ccc(Br)cc1)C1C=CC=CC1=S(=O)=O. The molecule has 0 aliphatic heterocycles. The number of rotatable bonds is 2. The first kappa shape index (κ1) is 18.5. The van der Waals surface area contributed by atoms with E-state index >= 15 is 0 Å². The summed E-state index contributed by atoms with van der Waals surface area (Å²) in [5, 5.41) is 0. The van der Waals surface area contributed by atoms with Crippen molar-refractivity contribution >= 4 is 42.9 Å². The second-order valence-electron chi connectivity index (χ2n) is 6.15. The van der Waals surface area contributed by atoms with Gasteiger partial charge in [-0.15, -0.1) is 0 Å². The lowest BCUT2D eigenvalue weighted by Crippen LogP contribution is -2.47. The number of hydrogen-bond acceptors (Lipinski definition) is 4. The zero-order valence-electron chi connectivity index (χ0n) is 13.6. The van der Waals surface area contributed by atoms with Crippen molar-refractivity contribution in [3.8, 4) is 0 Å². The number of halogens is 1. The van der Waals surface area contributed by atoms with Gasteiger partial charge in [-0.2, -0.15) is 8.42 Å². The van der Waals surface area contributed by atoms with E-state index < -0.39 is 28.0 Å². The van der Waals surface area contributed by atoms with Crippen LogP contribution in [0.15, 0.2) is 53.0 Å². The van der Waals surface area contributed by atoms with E-state index in [1.807, 2.05) is 0 Å². The lowest BCUT2D eigenvalue weighted by molar-refractivity contribution is 0.0579. The van der Waals surface area contributed by atoms with Crippen molar-refractivity contribution in [1.29, 1.82) is 0 Å². The van der Waals surface area contributed by atoms with Gasteiger partial charge in [-0.3, -0.25) is 4.90 Å². The summed E-state index contributed by atoms with van der Waals surface area (Å²) in [5.74, 6) is 0. The Bertz CT molecular complexity index is 809. The van der Waals surface area contributed by atoms with Crippen LogP contribution in [-0.2, 0) is 15.0 Å². The molecular weight excluding hydrogens is 394 g/mol. The molecule has 0 fully saturated rings. The molecule has 1 unspecified atom stereocenters. The highest BCUT2D eigenvalue weighted by Gasteiger charge is 2.32. The summed E-state index contributed by atoms with van der Waals surface area (Å²) in [7, 11) is -2.45. The average Bonchev–Trinajstić information content (AvgIpc) is 2.48. The first-order chi connectivity index (χ1) is 11.2. The number of benzene rings is 1. The van der Waals surface area contributed by atoms with Crippen LogP contribution >= 0.6 is 15.9 Å². The van der Waals surface area contributed by atoms with Gasteiger partial charge in [0.15, 0.2) is 0 Å². The monoisotopic (exact) mass is 411 g/mol. The van der Waals surface area contributed by atoms with Gasteiger partial charge in [-0.05, 0) is 51.1 Å².